The highest BCUT2D eigenvalue weighted by atomic mass is 79.9. The Bertz CT molecular complexity index is 572. The minimum absolute atomic E-state index is 0.139. The Morgan fingerprint density at radius 3 is 2.63 bits per heavy atom. The lowest BCUT2D eigenvalue weighted by Gasteiger charge is -2.15. The van der Waals surface area contributed by atoms with Crippen molar-refractivity contribution in [1.29, 1.82) is 0 Å². The number of hydrogen-bond acceptors (Lipinski definition) is 3. The van der Waals surface area contributed by atoms with Gasteiger partial charge in [0.25, 0.3) is 0 Å². The standard InChI is InChI=1S/C15H16BrNO2/c1-10(12-3-2-4-13(18)8-12)17-9-11-5-6-15(19)14(16)7-11/h2-8,10,17-19H,9H2,1H3. The van der Waals surface area contributed by atoms with Gasteiger partial charge in [-0.15, -0.1) is 0 Å². The molecular weight excluding hydrogens is 306 g/mol. The molecule has 0 aliphatic carbocycles. The summed E-state index contributed by atoms with van der Waals surface area (Å²) in [7, 11) is 0. The maximum atomic E-state index is 9.45. The van der Waals surface area contributed by atoms with Gasteiger partial charge in [0.2, 0.25) is 0 Å². The van der Waals surface area contributed by atoms with Crippen molar-refractivity contribution in [3.05, 3.63) is 58.1 Å². The minimum Gasteiger partial charge on any atom is -0.508 e. The Labute approximate surface area is 121 Å². The van der Waals surface area contributed by atoms with Crippen LogP contribution in [0.2, 0.25) is 0 Å². The van der Waals surface area contributed by atoms with Gasteiger partial charge in [-0.05, 0) is 58.2 Å². The molecule has 0 radical (unpaired) electrons. The second-order valence-electron chi connectivity index (χ2n) is 4.48. The molecule has 0 spiro atoms. The largest absolute Gasteiger partial charge is 0.508 e. The molecule has 0 saturated heterocycles. The van der Waals surface area contributed by atoms with Crippen LogP contribution in [0.25, 0.3) is 0 Å². The van der Waals surface area contributed by atoms with E-state index in [0.717, 1.165) is 11.1 Å². The molecule has 1 unspecified atom stereocenters. The predicted molar refractivity (Wildman–Crippen MR) is 79.2 cm³/mol. The van der Waals surface area contributed by atoms with Crippen molar-refractivity contribution in [2.24, 2.45) is 0 Å². The maximum Gasteiger partial charge on any atom is 0.129 e. The average molecular weight is 322 g/mol. The Kier molecular flexibility index (Phi) is 4.45. The number of benzene rings is 2. The monoisotopic (exact) mass is 321 g/mol. The minimum atomic E-state index is 0.139. The number of hydrogen-bond donors (Lipinski definition) is 3. The number of aromatic hydroxyl groups is 2. The van der Waals surface area contributed by atoms with E-state index in [2.05, 4.69) is 21.2 Å². The first-order chi connectivity index (χ1) is 9.06. The van der Waals surface area contributed by atoms with E-state index in [1.165, 1.54) is 0 Å². The van der Waals surface area contributed by atoms with E-state index in [0.29, 0.717) is 11.0 Å². The normalized spacial score (nSPS) is 12.3. The number of halogens is 1. The van der Waals surface area contributed by atoms with E-state index in [9.17, 15) is 10.2 Å². The lowest BCUT2D eigenvalue weighted by molar-refractivity contribution is 0.470. The number of phenols is 2. The molecule has 19 heavy (non-hydrogen) atoms. The van der Waals surface area contributed by atoms with Gasteiger partial charge in [0.1, 0.15) is 11.5 Å². The van der Waals surface area contributed by atoms with Crippen LogP contribution < -0.4 is 5.32 Å². The van der Waals surface area contributed by atoms with Crippen molar-refractivity contribution >= 4 is 15.9 Å². The average Bonchev–Trinajstić information content (AvgIpc) is 2.40. The first kappa shape index (κ1) is 13.9. The quantitative estimate of drug-likeness (QED) is 0.804. The SMILES string of the molecule is CC(NCc1ccc(O)c(Br)c1)c1cccc(O)c1. The summed E-state index contributed by atoms with van der Waals surface area (Å²) in [6, 6.07) is 12.8. The van der Waals surface area contributed by atoms with Crippen LogP contribution in [0, 0.1) is 0 Å². The smallest absolute Gasteiger partial charge is 0.129 e. The van der Waals surface area contributed by atoms with Gasteiger partial charge in [0.05, 0.1) is 4.47 Å². The van der Waals surface area contributed by atoms with Crippen molar-refractivity contribution in [2.45, 2.75) is 19.5 Å². The number of rotatable bonds is 4. The summed E-state index contributed by atoms with van der Waals surface area (Å²) < 4.78 is 0.691. The van der Waals surface area contributed by atoms with Crippen LogP contribution >= 0.6 is 15.9 Å². The van der Waals surface area contributed by atoms with Crippen molar-refractivity contribution in [2.75, 3.05) is 0 Å². The van der Waals surface area contributed by atoms with Gasteiger partial charge in [-0.25, -0.2) is 0 Å². The van der Waals surface area contributed by atoms with Gasteiger partial charge in [-0.1, -0.05) is 18.2 Å². The summed E-state index contributed by atoms with van der Waals surface area (Å²) >= 11 is 3.30. The third kappa shape index (κ3) is 3.72. The van der Waals surface area contributed by atoms with E-state index in [1.807, 2.05) is 31.2 Å². The van der Waals surface area contributed by atoms with E-state index < -0.39 is 0 Å². The molecule has 0 aliphatic rings. The van der Waals surface area contributed by atoms with Crippen LogP contribution in [-0.2, 0) is 6.54 Å². The molecule has 3 N–H and O–H groups in total. The first-order valence-corrected chi connectivity index (χ1v) is 6.85. The molecule has 0 fully saturated rings. The molecule has 0 aliphatic heterocycles. The fourth-order valence-electron chi connectivity index (χ4n) is 1.84. The van der Waals surface area contributed by atoms with Crippen LogP contribution in [0.4, 0.5) is 0 Å². The molecule has 0 heterocycles. The summed E-state index contributed by atoms with van der Waals surface area (Å²) in [6.07, 6.45) is 0. The van der Waals surface area contributed by atoms with Gasteiger partial charge in [0.15, 0.2) is 0 Å². The van der Waals surface area contributed by atoms with E-state index in [4.69, 9.17) is 0 Å². The third-order valence-corrected chi connectivity index (χ3v) is 3.63. The molecule has 1 atom stereocenters. The Balaban J connectivity index is 2.00. The zero-order valence-corrected chi connectivity index (χ0v) is 12.2. The number of phenolic OH excluding ortho intramolecular Hbond substituents is 2. The van der Waals surface area contributed by atoms with Crippen molar-refractivity contribution in [3.63, 3.8) is 0 Å². The highest BCUT2D eigenvalue weighted by molar-refractivity contribution is 9.10. The lowest BCUT2D eigenvalue weighted by atomic mass is 10.1. The Morgan fingerprint density at radius 2 is 1.95 bits per heavy atom. The fourth-order valence-corrected chi connectivity index (χ4v) is 2.27. The van der Waals surface area contributed by atoms with Gasteiger partial charge in [0, 0.05) is 12.6 Å². The van der Waals surface area contributed by atoms with Crippen molar-refractivity contribution in [3.8, 4) is 11.5 Å². The molecule has 0 saturated carbocycles. The topological polar surface area (TPSA) is 52.5 Å². The predicted octanol–water partition coefficient (Wildman–Crippen LogP) is 3.71. The molecule has 4 heteroatoms. The van der Waals surface area contributed by atoms with Crippen LogP contribution in [-0.4, -0.2) is 10.2 Å². The molecule has 2 aromatic rings. The van der Waals surface area contributed by atoms with Gasteiger partial charge in [-0.2, -0.15) is 0 Å². The highest BCUT2D eigenvalue weighted by Gasteiger charge is 2.06. The van der Waals surface area contributed by atoms with E-state index in [-0.39, 0.29) is 17.5 Å². The van der Waals surface area contributed by atoms with Crippen LogP contribution in [0.1, 0.15) is 24.1 Å². The second kappa shape index (κ2) is 6.08. The summed E-state index contributed by atoms with van der Waals surface area (Å²) in [5.74, 6) is 0.517. The van der Waals surface area contributed by atoms with Crippen molar-refractivity contribution < 1.29 is 10.2 Å². The van der Waals surface area contributed by atoms with Gasteiger partial charge < -0.3 is 15.5 Å². The van der Waals surface area contributed by atoms with Crippen LogP contribution in [0.15, 0.2) is 46.9 Å². The zero-order chi connectivity index (χ0) is 13.8. The van der Waals surface area contributed by atoms with E-state index >= 15 is 0 Å². The molecule has 0 bridgehead atoms. The Hall–Kier alpha value is -1.52. The summed E-state index contributed by atoms with van der Waals surface area (Å²) in [4.78, 5) is 0. The third-order valence-electron chi connectivity index (χ3n) is 2.99. The molecule has 2 aromatic carbocycles. The van der Waals surface area contributed by atoms with Crippen molar-refractivity contribution in [1.82, 2.24) is 5.32 Å². The highest BCUT2D eigenvalue weighted by Crippen LogP contribution is 2.24. The summed E-state index contributed by atoms with van der Waals surface area (Å²) in [5.41, 5.74) is 2.12. The molecule has 0 aromatic heterocycles. The lowest BCUT2D eigenvalue weighted by Crippen LogP contribution is -2.17. The Morgan fingerprint density at radius 1 is 1.16 bits per heavy atom. The summed E-state index contributed by atoms with van der Waals surface area (Å²) in [6.45, 7) is 2.74. The second-order valence-corrected chi connectivity index (χ2v) is 5.34. The van der Waals surface area contributed by atoms with Gasteiger partial charge in [-0.3, -0.25) is 0 Å². The fraction of sp³-hybridized carbons (Fsp3) is 0.200. The van der Waals surface area contributed by atoms with E-state index in [1.54, 1.807) is 18.2 Å². The molecular formula is C15H16BrNO2. The zero-order valence-electron chi connectivity index (χ0n) is 10.6. The molecule has 100 valence electrons. The molecule has 0 amide bonds. The molecule has 3 nitrogen and oxygen atoms in total. The first-order valence-electron chi connectivity index (χ1n) is 6.06. The number of nitrogens with one attached hydrogen (secondary N) is 1. The van der Waals surface area contributed by atoms with Gasteiger partial charge >= 0.3 is 0 Å². The van der Waals surface area contributed by atoms with Crippen LogP contribution in [0.3, 0.4) is 0 Å². The maximum absolute atomic E-state index is 9.45. The summed E-state index contributed by atoms with van der Waals surface area (Å²) in [5, 5.41) is 22.3. The molecule has 2 rings (SSSR count). The van der Waals surface area contributed by atoms with Crippen LogP contribution in [0.5, 0.6) is 11.5 Å².